The Hall–Kier alpha value is -2.22. The molecule has 0 unspecified atom stereocenters. The number of carboxylic acids is 1. The number of hydrogen-bond acceptors (Lipinski definition) is 6. The Morgan fingerprint density at radius 3 is 2.80 bits per heavy atom. The number of hydrogen-bond donors (Lipinski definition) is 1. The fourth-order valence-corrected chi connectivity index (χ4v) is 2.11. The lowest BCUT2D eigenvalue weighted by Crippen LogP contribution is -2.25. The molecule has 8 nitrogen and oxygen atoms in total. The third-order valence-electron chi connectivity index (χ3n) is 3.14. The molecule has 0 atom stereocenters. The molecule has 108 valence electrons. The van der Waals surface area contributed by atoms with Crippen molar-refractivity contribution in [2.24, 2.45) is 0 Å². The Morgan fingerprint density at radius 2 is 2.20 bits per heavy atom. The summed E-state index contributed by atoms with van der Waals surface area (Å²) in [6, 6.07) is 1.09. The van der Waals surface area contributed by atoms with Crippen LogP contribution in [0.2, 0.25) is 0 Å². The molecule has 0 spiro atoms. The molecule has 8 heteroatoms. The maximum absolute atomic E-state index is 11.0. The van der Waals surface area contributed by atoms with Gasteiger partial charge in [-0.3, -0.25) is 15.0 Å². The van der Waals surface area contributed by atoms with Crippen LogP contribution >= 0.6 is 0 Å². The van der Waals surface area contributed by atoms with Crippen molar-refractivity contribution in [1.82, 2.24) is 9.88 Å². The van der Waals surface area contributed by atoms with Gasteiger partial charge in [0.25, 0.3) is 0 Å². The van der Waals surface area contributed by atoms with Crippen LogP contribution in [0.25, 0.3) is 0 Å². The van der Waals surface area contributed by atoms with Gasteiger partial charge in [0.05, 0.1) is 4.92 Å². The van der Waals surface area contributed by atoms with Gasteiger partial charge in [-0.25, -0.2) is 9.78 Å². The lowest BCUT2D eigenvalue weighted by atomic mass is 10.2. The van der Waals surface area contributed by atoms with Crippen molar-refractivity contribution in [2.45, 2.75) is 12.8 Å². The van der Waals surface area contributed by atoms with E-state index in [1.807, 2.05) is 0 Å². The van der Waals surface area contributed by atoms with E-state index in [1.165, 1.54) is 12.8 Å². The van der Waals surface area contributed by atoms with Gasteiger partial charge in [0.1, 0.15) is 18.4 Å². The lowest BCUT2D eigenvalue weighted by Gasteiger charge is -2.14. The molecule has 2 rings (SSSR count). The van der Waals surface area contributed by atoms with Crippen molar-refractivity contribution in [3.05, 3.63) is 27.9 Å². The van der Waals surface area contributed by atoms with Crippen LogP contribution < -0.4 is 4.74 Å². The minimum Gasteiger partial charge on any atom is -0.477 e. The topological polar surface area (TPSA) is 106 Å². The highest BCUT2D eigenvalue weighted by Gasteiger charge is 2.21. The van der Waals surface area contributed by atoms with Crippen molar-refractivity contribution in [3.63, 3.8) is 0 Å². The van der Waals surface area contributed by atoms with Gasteiger partial charge in [0.2, 0.25) is 5.88 Å². The molecule has 0 aliphatic carbocycles. The second-order valence-electron chi connectivity index (χ2n) is 4.50. The predicted molar refractivity (Wildman–Crippen MR) is 69.0 cm³/mol. The smallest absolute Gasteiger partial charge is 0.342 e. The number of aromatic nitrogens is 1. The largest absolute Gasteiger partial charge is 0.477 e. The van der Waals surface area contributed by atoms with Crippen molar-refractivity contribution < 1.29 is 19.6 Å². The number of nitrogens with zero attached hydrogens (tertiary/aromatic N) is 3. The lowest BCUT2D eigenvalue weighted by molar-refractivity contribution is -0.385. The zero-order valence-electron chi connectivity index (χ0n) is 10.8. The van der Waals surface area contributed by atoms with E-state index in [0.717, 1.165) is 31.9 Å². The molecule has 0 radical (unpaired) electrons. The second kappa shape index (κ2) is 6.29. The maximum Gasteiger partial charge on any atom is 0.342 e. The first kappa shape index (κ1) is 14.2. The summed E-state index contributed by atoms with van der Waals surface area (Å²) in [5.41, 5.74) is -0.953. The van der Waals surface area contributed by atoms with E-state index in [0.29, 0.717) is 6.61 Å². The van der Waals surface area contributed by atoms with Gasteiger partial charge in [-0.05, 0) is 25.9 Å². The zero-order chi connectivity index (χ0) is 14.5. The molecule has 0 aromatic carbocycles. The normalized spacial score (nSPS) is 15.2. The van der Waals surface area contributed by atoms with E-state index in [-0.39, 0.29) is 5.88 Å². The van der Waals surface area contributed by atoms with Crippen LogP contribution in [0.15, 0.2) is 12.3 Å². The molecule has 1 aliphatic heterocycles. The average molecular weight is 281 g/mol. The van der Waals surface area contributed by atoms with E-state index in [2.05, 4.69) is 9.88 Å². The fraction of sp³-hybridized carbons (Fsp3) is 0.500. The van der Waals surface area contributed by atoms with Gasteiger partial charge in [0, 0.05) is 12.6 Å². The molecule has 20 heavy (non-hydrogen) atoms. The molecule has 0 saturated carbocycles. The molecule has 2 heterocycles. The number of nitro groups is 1. The van der Waals surface area contributed by atoms with Crippen molar-refractivity contribution >= 4 is 11.7 Å². The van der Waals surface area contributed by atoms with Crippen molar-refractivity contribution in [2.75, 3.05) is 26.2 Å². The number of likely N-dealkylation sites (tertiary alicyclic amines) is 1. The Labute approximate surface area is 115 Å². The summed E-state index contributed by atoms with van der Waals surface area (Å²) < 4.78 is 5.35. The number of ether oxygens (including phenoxy) is 1. The molecule has 1 aliphatic rings. The van der Waals surface area contributed by atoms with E-state index >= 15 is 0 Å². The summed E-state index contributed by atoms with van der Waals surface area (Å²) in [4.78, 5) is 26.9. The summed E-state index contributed by atoms with van der Waals surface area (Å²) in [6.45, 7) is 3.19. The summed E-state index contributed by atoms with van der Waals surface area (Å²) in [6.07, 6.45) is 3.27. The first-order valence-electron chi connectivity index (χ1n) is 6.31. The van der Waals surface area contributed by atoms with E-state index in [9.17, 15) is 14.9 Å². The zero-order valence-corrected chi connectivity index (χ0v) is 10.8. The van der Waals surface area contributed by atoms with Gasteiger partial charge in [-0.2, -0.15) is 0 Å². The summed E-state index contributed by atoms with van der Waals surface area (Å²) in [7, 11) is 0. The van der Waals surface area contributed by atoms with E-state index in [1.54, 1.807) is 0 Å². The van der Waals surface area contributed by atoms with Gasteiger partial charge < -0.3 is 9.84 Å². The molecule has 1 aromatic rings. The third-order valence-corrected chi connectivity index (χ3v) is 3.14. The fourth-order valence-electron chi connectivity index (χ4n) is 2.11. The average Bonchev–Trinajstić information content (AvgIpc) is 2.91. The first-order valence-corrected chi connectivity index (χ1v) is 6.31. The number of rotatable bonds is 6. The van der Waals surface area contributed by atoms with Crippen molar-refractivity contribution in [3.8, 4) is 5.88 Å². The Kier molecular flexibility index (Phi) is 4.46. The number of aromatic carboxylic acids is 1. The van der Waals surface area contributed by atoms with Crippen LogP contribution in [0.4, 0.5) is 5.69 Å². The molecule has 1 aromatic heterocycles. The molecule has 0 amide bonds. The predicted octanol–water partition coefficient (Wildman–Crippen LogP) is 1.16. The van der Waals surface area contributed by atoms with E-state index < -0.39 is 22.1 Å². The number of pyridine rings is 1. The minimum absolute atomic E-state index is 0.0900. The van der Waals surface area contributed by atoms with Gasteiger partial charge in [-0.15, -0.1) is 0 Å². The highest BCUT2D eigenvalue weighted by Crippen LogP contribution is 2.21. The van der Waals surface area contributed by atoms with Crippen LogP contribution in [0.1, 0.15) is 23.2 Å². The maximum atomic E-state index is 11.0. The van der Waals surface area contributed by atoms with Crippen LogP contribution in [0.3, 0.4) is 0 Å². The molecule has 1 N–H and O–H groups in total. The Morgan fingerprint density at radius 1 is 1.50 bits per heavy atom. The van der Waals surface area contributed by atoms with Crippen LogP contribution in [-0.4, -0.2) is 52.1 Å². The molecule has 0 bridgehead atoms. The molecular weight excluding hydrogens is 266 g/mol. The van der Waals surface area contributed by atoms with Crippen LogP contribution in [0, 0.1) is 10.1 Å². The summed E-state index contributed by atoms with van der Waals surface area (Å²) >= 11 is 0. The van der Waals surface area contributed by atoms with Crippen LogP contribution in [0.5, 0.6) is 5.88 Å². The summed E-state index contributed by atoms with van der Waals surface area (Å²) in [5, 5.41) is 19.6. The van der Waals surface area contributed by atoms with E-state index in [4.69, 9.17) is 9.84 Å². The SMILES string of the molecule is O=C(O)c1cc(OCCN2CCCC2)ncc1[N+](=O)[O-]. The number of carbonyl (C=O) groups is 1. The number of carboxylic acid groups (broad SMARTS) is 1. The molecule has 1 saturated heterocycles. The highest BCUT2D eigenvalue weighted by molar-refractivity contribution is 5.92. The van der Waals surface area contributed by atoms with Crippen LogP contribution in [-0.2, 0) is 0 Å². The standard InChI is InChI=1S/C12H15N3O5/c16-12(17)9-7-11(13-8-10(9)15(18)19)20-6-5-14-3-1-2-4-14/h7-8H,1-6H2,(H,16,17). The molecular formula is C12H15N3O5. The third kappa shape index (κ3) is 3.41. The van der Waals surface area contributed by atoms with Gasteiger partial charge >= 0.3 is 11.7 Å². The van der Waals surface area contributed by atoms with Gasteiger partial charge in [-0.1, -0.05) is 0 Å². The molecule has 1 fully saturated rings. The monoisotopic (exact) mass is 281 g/mol. The summed E-state index contributed by atoms with van der Waals surface area (Å²) in [5.74, 6) is -1.28. The Bertz CT molecular complexity index is 514. The quantitative estimate of drug-likeness (QED) is 0.616. The van der Waals surface area contributed by atoms with Crippen molar-refractivity contribution in [1.29, 1.82) is 0 Å². The highest BCUT2D eigenvalue weighted by atomic mass is 16.6. The van der Waals surface area contributed by atoms with Gasteiger partial charge in [0.15, 0.2) is 0 Å². The second-order valence-corrected chi connectivity index (χ2v) is 4.50. The first-order chi connectivity index (χ1) is 9.58. The minimum atomic E-state index is -1.37. The Balaban J connectivity index is 1.99.